The molecule has 6 nitrogen and oxygen atoms in total. The normalized spacial score (nSPS) is 17.5. The van der Waals surface area contributed by atoms with Gasteiger partial charge in [-0.25, -0.2) is 19.5 Å². The van der Waals surface area contributed by atoms with Gasteiger partial charge in [0, 0.05) is 53.9 Å². The van der Waals surface area contributed by atoms with Crippen LogP contribution in [0.4, 0.5) is 0 Å². The molecule has 0 spiro atoms. The zero-order valence-electron chi connectivity index (χ0n) is 16.9. The average Bonchev–Trinajstić information content (AvgIpc) is 3.11. The molecule has 1 atom stereocenters. The number of hydrogen-bond acceptors (Lipinski definition) is 5. The first-order valence-corrected chi connectivity index (χ1v) is 10.6. The summed E-state index contributed by atoms with van der Waals surface area (Å²) in [5.41, 5.74) is 6.17. The van der Waals surface area contributed by atoms with E-state index in [9.17, 15) is 0 Å². The van der Waals surface area contributed by atoms with Crippen molar-refractivity contribution in [2.45, 2.75) is 32.2 Å². The van der Waals surface area contributed by atoms with E-state index in [1.54, 1.807) is 6.33 Å². The number of hydrogen-bond donors (Lipinski definition) is 0. The van der Waals surface area contributed by atoms with Gasteiger partial charge in [-0.3, -0.25) is 4.90 Å². The summed E-state index contributed by atoms with van der Waals surface area (Å²) in [7, 11) is 0. The second-order valence-corrected chi connectivity index (χ2v) is 8.35. The van der Waals surface area contributed by atoms with E-state index >= 15 is 0 Å². The summed E-state index contributed by atoms with van der Waals surface area (Å²) in [6.45, 7) is 5.06. The fraction of sp³-hybridized carbons (Fsp3) is 0.304. The summed E-state index contributed by atoms with van der Waals surface area (Å²) in [4.78, 5) is 15.9. The molecule has 5 rings (SSSR count). The predicted molar refractivity (Wildman–Crippen MR) is 117 cm³/mol. The number of likely N-dealkylation sites (tertiary alicyclic amines) is 1. The molecule has 0 saturated carbocycles. The van der Waals surface area contributed by atoms with Crippen LogP contribution >= 0.6 is 11.6 Å². The van der Waals surface area contributed by atoms with Gasteiger partial charge in [-0.05, 0) is 50.1 Å². The number of aromatic nitrogens is 5. The van der Waals surface area contributed by atoms with Crippen LogP contribution in [0.5, 0.6) is 0 Å². The molecule has 0 bridgehead atoms. The summed E-state index contributed by atoms with van der Waals surface area (Å²) < 4.78 is 1.86. The smallest absolute Gasteiger partial charge is 0.163 e. The Morgan fingerprint density at radius 2 is 1.90 bits per heavy atom. The van der Waals surface area contributed by atoms with Crippen LogP contribution in [0.25, 0.3) is 16.8 Å². The Balaban J connectivity index is 1.42. The molecule has 1 aliphatic heterocycles. The van der Waals surface area contributed by atoms with E-state index in [0.29, 0.717) is 5.92 Å². The van der Waals surface area contributed by atoms with Crippen molar-refractivity contribution in [3.8, 4) is 11.1 Å². The highest BCUT2D eigenvalue weighted by Gasteiger charge is 2.24. The Kier molecular flexibility index (Phi) is 5.19. The molecule has 4 heterocycles. The summed E-state index contributed by atoms with van der Waals surface area (Å²) >= 11 is 6.03. The van der Waals surface area contributed by atoms with Gasteiger partial charge >= 0.3 is 0 Å². The number of aryl methyl sites for hydroxylation is 1. The molecule has 4 aromatic rings. The van der Waals surface area contributed by atoms with Crippen LogP contribution in [0.3, 0.4) is 0 Å². The van der Waals surface area contributed by atoms with Gasteiger partial charge in [0.15, 0.2) is 5.65 Å². The fourth-order valence-electron chi connectivity index (χ4n) is 4.34. The first kappa shape index (κ1) is 19.2. The number of fused-ring (bicyclic) bond motifs is 1. The van der Waals surface area contributed by atoms with Crippen LogP contribution < -0.4 is 0 Å². The van der Waals surface area contributed by atoms with Crippen molar-refractivity contribution >= 4 is 17.2 Å². The summed E-state index contributed by atoms with van der Waals surface area (Å²) in [5.74, 6) is 0.408. The van der Waals surface area contributed by atoms with E-state index < -0.39 is 0 Å². The van der Waals surface area contributed by atoms with E-state index in [-0.39, 0.29) is 0 Å². The lowest BCUT2D eigenvalue weighted by atomic mass is 9.94. The highest BCUT2D eigenvalue weighted by atomic mass is 35.5. The number of rotatable bonds is 4. The van der Waals surface area contributed by atoms with Gasteiger partial charge in [0.05, 0.1) is 11.3 Å². The first-order valence-electron chi connectivity index (χ1n) is 10.3. The highest BCUT2D eigenvalue weighted by Crippen LogP contribution is 2.30. The number of halogens is 1. The Labute approximate surface area is 180 Å². The van der Waals surface area contributed by atoms with E-state index in [1.807, 2.05) is 42.2 Å². The van der Waals surface area contributed by atoms with Crippen molar-refractivity contribution < 1.29 is 0 Å². The molecule has 152 valence electrons. The van der Waals surface area contributed by atoms with Crippen LogP contribution in [-0.2, 0) is 6.54 Å². The highest BCUT2D eigenvalue weighted by molar-refractivity contribution is 6.30. The van der Waals surface area contributed by atoms with Crippen molar-refractivity contribution in [2.24, 2.45) is 0 Å². The van der Waals surface area contributed by atoms with E-state index in [4.69, 9.17) is 16.6 Å². The fourth-order valence-corrected chi connectivity index (χ4v) is 4.46. The Hall–Kier alpha value is -2.83. The van der Waals surface area contributed by atoms with Crippen molar-refractivity contribution in [3.05, 3.63) is 77.2 Å². The standard InChI is InChI=1S/C23H23ClN6/c1-16-22(19-11-25-15-26-12-19)23-27-21(8-10-30(23)28-16)18-3-2-9-29(14-18)13-17-4-6-20(24)7-5-17/h4-8,10-12,15,18H,2-3,9,13-14H2,1H3. The van der Waals surface area contributed by atoms with Crippen LogP contribution in [0, 0.1) is 6.92 Å². The number of benzene rings is 1. The van der Waals surface area contributed by atoms with Crippen LogP contribution in [0.2, 0.25) is 5.02 Å². The second-order valence-electron chi connectivity index (χ2n) is 7.91. The summed E-state index contributed by atoms with van der Waals surface area (Å²) in [5, 5.41) is 5.41. The van der Waals surface area contributed by atoms with Crippen molar-refractivity contribution in [1.82, 2.24) is 29.5 Å². The number of piperidine rings is 1. The lowest BCUT2D eigenvalue weighted by Gasteiger charge is -2.32. The van der Waals surface area contributed by atoms with Gasteiger partial charge in [0.25, 0.3) is 0 Å². The van der Waals surface area contributed by atoms with Gasteiger partial charge in [0.1, 0.15) is 6.33 Å². The maximum Gasteiger partial charge on any atom is 0.163 e. The molecule has 0 amide bonds. The van der Waals surface area contributed by atoms with Gasteiger partial charge < -0.3 is 0 Å². The molecule has 1 saturated heterocycles. The van der Waals surface area contributed by atoms with E-state index in [1.165, 1.54) is 12.0 Å². The molecular weight excluding hydrogens is 396 g/mol. The Morgan fingerprint density at radius 3 is 2.70 bits per heavy atom. The van der Waals surface area contributed by atoms with Gasteiger partial charge in [-0.1, -0.05) is 23.7 Å². The summed E-state index contributed by atoms with van der Waals surface area (Å²) in [6.07, 6.45) is 9.52. The van der Waals surface area contributed by atoms with Crippen LogP contribution in [-0.4, -0.2) is 42.6 Å². The van der Waals surface area contributed by atoms with Gasteiger partial charge in [0.2, 0.25) is 0 Å². The molecule has 1 aromatic carbocycles. The van der Waals surface area contributed by atoms with Gasteiger partial charge in [-0.15, -0.1) is 0 Å². The molecule has 3 aromatic heterocycles. The number of nitrogens with zero attached hydrogens (tertiary/aromatic N) is 6. The third kappa shape index (κ3) is 3.80. The largest absolute Gasteiger partial charge is 0.298 e. The first-order chi connectivity index (χ1) is 14.7. The topological polar surface area (TPSA) is 59.2 Å². The molecule has 1 aliphatic rings. The maximum atomic E-state index is 6.03. The molecule has 0 radical (unpaired) electrons. The van der Waals surface area contributed by atoms with Crippen LogP contribution in [0.15, 0.2) is 55.2 Å². The minimum absolute atomic E-state index is 0.408. The zero-order valence-corrected chi connectivity index (χ0v) is 17.6. The predicted octanol–water partition coefficient (Wildman–Crippen LogP) is 4.53. The monoisotopic (exact) mass is 418 g/mol. The Bertz CT molecular complexity index is 1160. The summed E-state index contributed by atoms with van der Waals surface area (Å²) in [6, 6.07) is 10.3. The van der Waals surface area contributed by atoms with Crippen molar-refractivity contribution in [3.63, 3.8) is 0 Å². The molecular formula is C23H23ClN6. The second kappa shape index (κ2) is 8.13. The molecule has 7 heteroatoms. The average molecular weight is 419 g/mol. The van der Waals surface area contributed by atoms with Crippen molar-refractivity contribution in [1.29, 1.82) is 0 Å². The Morgan fingerprint density at radius 1 is 1.10 bits per heavy atom. The minimum atomic E-state index is 0.408. The molecule has 0 N–H and O–H groups in total. The van der Waals surface area contributed by atoms with Crippen molar-refractivity contribution in [2.75, 3.05) is 13.1 Å². The third-order valence-corrected chi connectivity index (χ3v) is 6.03. The van der Waals surface area contributed by atoms with E-state index in [0.717, 1.165) is 59.2 Å². The quantitative estimate of drug-likeness (QED) is 0.487. The maximum absolute atomic E-state index is 6.03. The third-order valence-electron chi connectivity index (χ3n) is 5.77. The molecule has 1 unspecified atom stereocenters. The molecule has 0 aliphatic carbocycles. The van der Waals surface area contributed by atoms with Crippen LogP contribution in [0.1, 0.15) is 35.7 Å². The lowest BCUT2D eigenvalue weighted by molar-refractivity contribution is 0.198. The zero-order chi connectivity index (χ0) is 20.5. The van der Waals surface area contributed by atoms with E-state index in [2.05, 4.69) is 38.2 Å². The molecule has 30 heavy (non-hydrogen) atoms. The van der Waals surface area contributed by atoms with Gasteiger partial charge in [-0.2, -0.15) is 5.10 Å². The minimum Gasteiger partial charge on any atom is -0.298 e. The lowest BCUT2D eigenvalue weighted by Crippen LogP contribution is -2.34. The molecule has 1 fully saturated rings. The SMILES string of the molecule is Cc1nn2ccc(C3CCCN(Cc4ccc(Cl)cc4)C3)nc2c1-c1cncnc1.